The van der Waals surface area contributed by atoms with E-state index in [1.165, 1.54) is 11.1 Å². The van der Waals surface area contributed by atoms with E-state index in [-0.39, 0.29) is 6.04 Å². The van der Waals surface area contributed by atoms with Crippen molar-refractivity contribution in [3.8, 4) is 5.75 Å². The number of halogens is 1. The van der Waals surface area contributed by atoms with Gasteiger partial charge in [-0.2, -0.15) is 0 Å². The first kappa shape index (κ1) is 13.9. The van der Waals surface area contributed by atoms with Gasteiger partial charge in [-0.1, -0.05) is 47.5 Å². The van der Waals surface area contributed by atoms with Gasteiger partial charge in [0.2, 0.25) is 0 Å². The van der Waals surface area contributed by atoms with Crippen LogP contribution < -0.4 is 10.1 Å². The van der Waals surface area contributed by atoms with Crippen LogP contribution in [0.3, 0.4) is 0 Å². The molecule has 2 nitrogen and oxygen atoms in total. The number of ether oxygens (including phenoxy) is 1. The summed E-state index contributed by atoms with van der Waals surface area (Å²) in [5.41, 5.74) is 3.49. The summed E-state index contributed by atoms with van der Waals surface area (Å²) in [6.07, 6.45) is 0. The van der Waals surface area contributed by atoms with Crippen molar-refractivity contribution in [1.29, 1.82) is 0 Å². The van der Waals surface area contributed by atoms with Crippen LogP contribution in [0.2, 0.25) is 5.02 Å². The molecule has 2 aromatic rings. The zero-order chi connectivity index (χ0) is 13.8. The average molecular weight is 276 g/mol. The highest BCUT2D eigenvalue weighted by atomic mass is 35.5. The van der Waals surface area contributed by atoms with Gasteiger partial charge in [0.1, 0.15) is 5.75 Å². The third kappa shape index (κ3) is 3.09. The zero-order valence-corrected chi connectivity index (χ0v) is 12.2. The minimum atomic E-state index is 0.0818. The number of rotatable bonds is 4. The van der Waals surface area contributed by atoms with Gasteiger partial charge in [-0.25, -0.2) is 0 Å². The molecule has 0 aliphatic rings. The molecule has 0 fully saturated rings. The van der Waals surface area contributed by atoms with E-state index in [9.17, 15) is 0 Å². The first-order chi connectivity index (χ1) is 9.15. The van der Waals surface area contributed by atoms with Crippen LogP contribution in [-0.4, -0.2) is 14.2 Å². The van der Waals surface area contributed by atoms with Crippen molar-refractivity contribution in [3.63, 3.8) is 0 Å². The maximum Gasteiger partial charge on any atom is 0.120 e. The van der Waals surface area contributed by atoms with Gasteiger partial charge < -0.3 is 10.1 Å². The SMILES string of the molecule is CNC(c1cccc(C)c1)c1ccc(OC)cc1Cl. The molecule has 1 unspecified atom stereocenters. The van der Waals surface area contributed by atoms with E-state index >= 15 is 0 Å². The Balaban J connectivity index is 2.42. The maximum absolute atomic E-state index is 6.35. The minimum Gasteiger partial charge on any atom is -0.497 e. The van der Waals surface area contributed by atoms with Gasteiger partial charge in [-0.05, 0) is 37.2 Å². The summed E-state index contributed by atoms with van der Waals surface area (Å²) in [6, 6.07) is 14.3. The molecule has 0 saturated heterocycles. The number of nitrogens with one attached hydrogen (secondary N) is 1. The van der Waals surface area contributed by atoms with Crippen LogP contribution >= 0.6 is 11.6 Å². The Morgan fingerprint density at radius 1 is 1.16 bits per heavy atom. The van der Waals surface area contributed by atoms with Crippen LogP contribution in [0.25, 0.3) is 0 Å². The lowest BCUT2D eigenvalue weighted by Gasteiger charge is -2.19. The van der Waals surface area contributed by atoms with E-state index in [4.69, 9.17) is 16.3 Å². The van der Waals surface area contributed by atoms with Crippen molar-refractivity contribution in [2.45, 2.75) is 13.0 Å². The highest BCUT2D eigenvalue weighted by Crippen LogP contribution is 2.31. The Morgan fingerprint density at radius 3 is 2.53 bits per heavy atom. The lowest BCUT2D eigenvalue weighted by atomic mass is 9.97. The lowest BCUT2D eigenvalue weighted by Crippen LogP contribution is -2.18. The molecule has 0 bridgehead atoms. The summed E-state index contributed by atoms with van der Waals surface area (Å²) in [5, 5.41) is 4.02. The summed E-state index contributed by atoms with van der Waals surface area (Å²) < 4.78 is 5.18. The first-order valence-corrected chi connectivity index (χ1v) is 6.60. The van der Waals surface area contributed by atoms with Crippen molar-refractivity contribution >= 4 is 11.6 Å². The van der Waals surface area contributed by atoms with Gasteiger partial charge in [0, 0.05) is 5.02 Å². The van der Waals surface area contributed by atoms with Gasteiger partial charge in [-0.3, -0.25) is 0 Å². The maximum atomic E-state index is 6.35. The van der Waals surface area contributed by atoms with Gasteiger partial charge in [-0.15, -0.1) is 0 Å². The largest absolute Gasteiger partial charge is 0.497 e. The van der Waals surface area contributed by atoms with E-state index in [1.807, 2.05) is 25.2 Å². The van der Waals surface area contributed by atoms with Crippen molar-refractivity contribution in [2.75, 3.05) is 14.2 Å². The Labute approximate surface area is 119 Å². The van der Waals surface area contributed by atoms with E-state index in [1.54, 1.807) is 7.11 Å². The molecule has 0 spiro atoms. The van der Waals surface area contributed by atoms with Crippen LogP contribution in [0.4, 0.5) is 0 Å². The number of aryl methyl sites for hydroxylation is 1. The fraction of sp³-hybridized carbons (Fsp3) is 0.250. The second kappa shape index (κ2) is 6.09. The number of methoxy groups -OCH3 is 1. The standard InChI is InChI=1S/C16H18ClNO/c1-11-5-4-6-12(9-11)16(18-2)14-8-7-13(19-3)10-15(14)17/h4-10,16,18H,1-3H3. The Bertz CT molecular complexity index is 568. The molecule has 100 valence electrons. The third-order valence-corrected chi connectivity index (χ3v) is 3.51. The molecule has 1 N–H and O–H groups in total. The van der Waals surface area contributed by atoms with E-state index in [0.717, 1.165) is 11.3 Å². The molecule has 0 aliphatic carbocycles. The number of benzene rings is 2. The minimum absolute atomic E-state index is 0.0818. The fourth-order valence-electron chi connectivity index (χ4n) is 2.22. The van der Waals surface area contributed by atoms with Gasteiger partial charge in [0.15, 0.2) is 0 Å². The topological polar surface area (TPSA) is 21.3 Å². The molecule has 0 aliphatic heterocycles. The third-order valence-electron chi connectivity index (χ3n) is 3.18. The lowest BCUT2D eigenvalue weighted by molar-refractivity contribution is 0.414. The first-order valence-electron chi connectivity index (χ1n) is 6.23. The second-order valence-electron chi connectivity index (χ2n) is 4.52. The summed E-state index contributed by atoms with van der Waals surface area (Å²) in [5.74, 6) is 0.771. The van der Waals surface area contributed by atoms with Crippen LogP contribution in [0.15, 0.2) is 42.5 Å². The van der Waals surface area contributed by atoms with E-state index in [0.29, 0.717) is 5.02 Å². The Hall–Kier alpha value is -1.51. The summed E-state index contributed by atoms with van der Waals surface area (Å²) in [4.78, 5) is 0. The Kier molecular flexibility index (Phi) is 4.46. The predicted molar refractivity (Wildman–Crippen MR) is 80.1 cm³/mol. The van der Waals surface area contributed by atoms with Crippen molar-refractivity contribution < 1.29 is 4.74 Å². The van der Waals surface area contributed by atoms with Crippen LogP contribution in [0, 0.1) is 6.92 Å². The molecule has 0 radical (unpaired) electrons. The smallest absolute Gasteiger partial charge is 0.120 e. The second-order valence-corrected chi connectivity index (χ2v) is 4.93. The van der Waals surface area contributed by atoms with Crippen molar-refractivity contribution in [1.82, 2.24) is 5.32 Å². The molecule has 0 saturated carbocycles. The van der Waals surface area contributed by atoms with Crippen LogP contribution in [0.1, 0.15) is 22.7 Å². The molecular weight excluding hydrogens is 258 g/mol. The molecule has 2 aromatic carbocycles. The van der Waals surface area contributed by atoms with Gasteiger partial charge in [0.25, 0.3) is 0 Å². The molecule has 0 amide bonds. The van der Waals surface area contributed by atoms with Crippen LogP contribution in [-0.2, 0) is 0 Å². The van der Waals surface area contributed by atoms with Gasteiger partial charge in [0.05, 0.1) is 13.2 Å². The normalized spacial score (nSPS) is 12.2. The highest BCUT2D eigenvalue weighted by Gasteiger charge is 2.15. The molecule has 0 heterocycles. The molecule has 19 heavy (non-hydrogen) atoms. The monoisotopic (exact) mass is 275 g/mol. The fourth-order valence-corrected chi connectivity index (χ4v) is 2.50. The highest BCUT2D eigenvalue weighted by molar-refractivity contribution is 6.31. The average Bonchev–Trinajstić information content (AvgIpc) is 2.41. The Morgan fingerprint density at radius 2 is 1.95 bits per heavy atom. The zero-order valence-electron chi connectivity index (χ0n) is 11.4. The van der Waals surface area contributed by atoms with E-state index in [2.05, 4.69) is 36.5 Å². The summed E-state index contributed by atoms with van der Waals surface area (Å²) >= 11 is 6.35. The van der Waals surface area contributed by atoms with Gasteiger partial charge >= 0.3 is 0 Å². The van der Waals surface area contributed by atoms with Crippen molar-refractivity contribution in [3.05, 3.63) is 64.2 Å². The van der Waals surface area contributed by atoms with E-state index < -0.39 is 0 Å². The molecule has 3 heteroatoms. The number of hydrogen-bond acceptors (Lipinski definition) is 2. The molecule has 2 rings (SSSR count). The van der Waals surface area contributed by atoms with Crippen molar-refractivity contribution in [2.24, 2.45) is 0 Å². The van der Waals surface area contributed by atoms with Crippen LogP contribution in [0.5, 0.6) is 5.75 Å². The molecular formula is C16H18ClNO. The summed E-state index contributed by atoms with van der Waals surface area (Å²) in [7, 11) is 3.58. The predicted octanol–water partition coefficient (Wildman–Crippen LogP) is 3.97. The quantitative estimate of drug-likeness (QED) is 0.912. The molecule has 1 atom stereocenters. The number of hydrogen-bond donors (Lipinski definition) is 1. The summed E-state index contributed by atoms with van der Waals surface area (Å²) in [6.45, 7) is 2.09. The molecule has 0 aromatic heterocycles.